The van der Waals surface area contributed by atoms with Crippen molar-refractivity contribution in [3.63, 3.8) is 0 Å². The minimum absolute atomic E-state index is 0.143. The molecular formula is C57H37BN2O. The maximum absolute atomic E-state index is 7.11. The molecule has 0 N–H and O–H groups in total. The molecule has 9 aromatic carbocycles. The Balaban J connectivity index is 1.22. The van der Waals surface area contributed by atoms with E-state index < -0.39 is 0 Å². The fourth-order valence-electron chi connectivity index (χ4n) is 10.5. The number of aryl methyl sites for hydroxylation is 1. The van der Waals surface area contributed by atoms with Crippen LogP contribution in [-0.2, 0) is 0 Å². The maximum Gasteiger partial charge on any atom is 0.333 e. The van der Waals surface area contributed by atoms with Gasteiger partial charge in [-0.2, -0.15) is 0 Å². The second kappa shape index (κ2) is 13.1. The molecule has 0 amide bonds. The molecule has 0 atom stereocenters. The largest absolute Gasteiger partial charge is 0.455 e. The van der Waals surface area contributed by atoms with Crippen LogP contribution in [0.5, 0.6) is 0 Å². The number of rotatable bonds is 5. The molecule has 4 heteroatoms. The van der Waals surface area contributed by atoms with E-state index in [1.54, 1.807) is 0 Å². The van der Waals surface area contributed by atoms with E-state index in [9.17, 15) is 0 Å². The molecule has 3 nitrogen and oxygen atoms in total. The summed E-state index contributed by atoms with van der Waals surface area (Å²) >= 11 is 0. The van der Waals surface area contributed by atoms with Gasteiger partial charge in [-0.05, 0) is 93.7 Å². The van der Waals surface area contributed by atoms with E-state index in [-0.39, 0.29) is 6.85 Å². The molecule has 0 spiro atoms. The van der Waals surface area contributed by atoms with Crippen LogP contribution in [0.4, 0.5) is 11.4 Å². The number of para-hydroxylation sites is 2. The molecule has 0 fully saturated rings. The average molecular weight is 777 g/mol. The molecule has 284 valence electrons. The molecule has 0 radical (unpaired) electrons. The summed E-state index contributed by atoms with van der Waals surface area (Å²) in [5, 5.41) is 3.62. The summed E-state index contributed by atoms with van der Waals surface area (Å²) < 4.78 is 9.69. The van der Waals surface area contributed by atoms with E-state index in [0.29, 0.717) is 0 Å². The lowest BCUT2D eigenvalue weighted by molar-refractivity contribution is 0.632. The van der Waals surface area contributed by atoms with Gasteiger partial charge in [0.15, 0.2) is 0 Å². The molecule has 2 aliphatic heterocycles. The minimum atomic E-state index is -0.143. The Kier molecular flexibility index (Phi) is 7.32. The van der Waals surface area contributed by atoms with Gasteiger partial charge in [0.25, 0.3) is 0 Å². The molecule has 13 rings (SSSR count). The van der Waals surface area contributed by atoms with Gasteiger partial charge in [0.05, 0.1) is 11.0 Å². The number of anilines is 2. The van der Waals surface area contributed by atoms with Crippen LogP contribution in [0.3, 0.4) is 0 Å². The molecule has 61 heavy (non-hydrogen) atoms. The summed E-state index contributed by atoms with van der Waals surface area (Å²) in [5.74, 6) is 0.883. The van der Waals surface area contributed by atoms with Crippen molar-refractivity contribution in [3.05, 3.63) is 212 Å². The van der Waals surface area contributed by atoms with Crippen molar-refractivity contribution in [2.24, 2.45) is 0 Å². The number of fused-ring (bicyclic) bond motifs is 9. The van der Waals surface area contributed by atoms with Crippen LogP contribution in [0.1, 0.15) is 5.56 Å². The molecule has 0 saturated heterocycles. The Hall–Kier alpha value is -7.82. The van der Waals surface area contributed by atoms with E-state index >= 15 is 0 Å². The van der Waals surface area contributed by atoms with E-state index in [2.05, 4.69) is 223 Å². The van der Waals surface area contributed by atoms with Crippen LogP contribution in [0.15, 0.2) is 211 Å². The monoisotopic (exact) mass is 776 g/mol. The zero-order chi connectivity index (χ0) is 40.2. The van der Waals surface area contributed by atoms with Crippen molar-refractivity contribution in [2.45, 2.75) is 6.92 Å². The molecule has 0 unspecified atom stereocenters. The highest BCUT2D eigenvalue weighted by Crippen LogP contribution is 2.50. The van der Waals surface area contributed by atoms with Crippen molar-refractivity contribution in [1.29, 1.82) is 0 Å². The molecule has 11 aromatic rings. The van der Waals surface area contributed by atoms with Gasteiger partial charge in [-0.1, -0.05) is 169 Å². The van der Waals surface area contributed by atoms with E-state index in [4.69, 9.17) is 4.42 Å². The van der Waals surface area contributed by atoms with Crippen LogP contribution < -0.4 is 15.7 Å². The summed E-state index contributed by atoms with van der Waals surface area (Å²) in [6.45, 7) is 2.02. The molecule has 0 saturated carbocycles. The number of aromatic nitrogens is 1. The minimum Gasteiger partial charge on any atom is -0.455 e. The number of benzene rings is 9. The summed E-state index contributed by atoms with van der Waals surface area (Å²) in [5.41, 5.74) is 21.3. The molecule has 0 bridgehead atoms. The standard InChI is InChI=1S/C57H37BN2O/c1-36-29-31-40(32-30-36)60-50-28-16-13-25-43(50)46-33-45(42-24-12-11-23-41(42)37-17-5-2-6-18-37)54-44-26-14-15-27-49(44)59-51-34-47-52(35-48(51)58(60)55(46)56(54)59)61-57(39-21-9-4-10-22-39)53(47)38-19-7-3-8-20-38/h2-35H,1H3. The van der Waals surface area contributed by atoms with Crippen molar-refractivity contribution >= 4 is 61.9 Å². The zero-order valence-electron chi connectivity index (χ0n) is 33.5. The van der Waals surface area contributed by atoms with Gasteiger partial charge < -0.3 is 13.8 Å². The second-order valence-electron chi connectivity index (χ2n) is 16.4. The Morgan fingerprint density at radius 2 is 1.08 bits per heavy atom. The summed E-state index contributed by atoms with van der Waals surface area (Å²) in [6, 6.07) is 75.4. The first kappa shape index (κ1) is 34.1. The van der Waals surface area contributed by atoms with E-state index in [1.165, 1.54) is 83.1 Å². The predicted molar refractivity (Wildman–Crippen MR) is 256 cm³/mol. The lowest BCUT2D eigenvalue weighted by Gasteiger charge is -2.42. The zero-order valence-corrected chi connectivity index (χ0v) is 33.5. The fourth-order valence-corrected chi connectivity index (χ4v) is 10.5. The first-order chi connectivity index (χ1) is 30.2. The summed E-state index contributed by atoms with van der Waals surface area (Å²) in [7, 11) is 0. The topological polar surface area (TPSA) is 21.3 Å². The number of hydrogen-bond donors (Lipinski definition) is 0. The van der Waals surface area contributed by atoms with Gasteiger partial charge in [-0.3, -0.25) is 0 Å². The molecule has 0 aliphatic carbocycles. The van der Waals surface area contributed by atoms with Gasteiger partial charge >= 0.3 is 6.85 Å². The van der Waals surface area contributed by atoms with Gasteiger partial charge in [0.1, 0.15) is 11.3 Å². The van der Waals surface area contributed by atoms with Crippen LogP contribution in [0, 0.1) is 6.92 Å². The SMILES string of the molecule is Cc1ccc(N2B3c4cc5oc(-c6ccccc6)c(-c6ccccc6)c5cc4-n4c5ccccc5c5c(-c6ccccc6-c6ccccc6)cc(c3c54)-c3ccccc32)cc1. The Morgan fingerprint density at radius 1 is 0.459 bits per heavy atom. The normalized spacial score (nSPS) is 12.6. The summed E-state index contributed by atoms with van der Waals surface area (Å²) in [4.78, 5) is 2.58. The third-order valence-corrected chi connectivity index (χ3v) is 13.0. The highest BCUT2D eigenvalue weighted by atomic mass is 16.3. The lowest BCUT2D eigenvalue weighted by atomic mass is 9.43. The lowest BCUT2D eigenvalue weighted by Crippen LogP contribution is -2.60. The van der Waals surface area contributed by atoms with E-state index in [0.717, 1.165) is 39.1 Å². The fraction of sp³-hybridized carbons (Fsp3) is 0.0175. The molecule has 2 aromatic heterocycles. The van der Waals surface area contributed by atoms with Gasteiger partial charge in [-0.15, -0.1) is 0 Å². The number of nitrogens with zero attached hydrogens (tertiary/aromatic N) is 2. The summed E-state index contributed by atoms with van der Waals surface area (Å²) in [6.07, 6.45) is 0. The van der Waals surface area contributed by atoms with Crippen molar-refractivity contribution in [2.75, 3.05) is 4.81 Å². The highest BCUT2D eigenvalue weighted by Gasteiger charge is 2.45. The van der Waals surface area contributed by atoms with Gasteiger partial charge in [0.2, 0.25) is 0 Å². The third-order valence-electron chi connectivity index (χ3n) is 13.0. The van der Waals surface area contributed by atoms with E-state index in [1.807, 2.05) is 0 Å². The smallest absolute Gasteiger partial charge is 0.333 e. The number of furan rings is 1. The van der Waals surface area contributed by atoms with Crippen LogP contribution in [0.25, 0.3) is 94.3 Å². The Morgan fingerprint density at radius 3 is 1.84 bits per heavy atom. The molecular weight excluding hydrogens is 739 g/mol. The van der Waals surface area contributed by atoms with Crippen molar-refractivity contribution < 1.29 is 4.42 Å². The first-order valence-corrected chi connectivity index (χ1v) is 21.1. The third kappa shape index (κ3) is 4.94. The number of hydrogen-bond acceptors (Lipinski definition) is 2. The van der Waals surface area contributed by atoms with Crippen molar-refractivity contribution in [3.8, 4) is 61.5 Å². The Labute approximate surface area is 354 Å². The first-order valence-electron chi connectivity index (χ1n) is 21.1. The maximum atomic E-state index is 7.11. The van der Waals surface area contributed by atoms with Gasteiger partial charge in [0, 0.05) is 49.9 Å². The van der Waals surface area contributed by atoms with Crippen LogP contribution in [-0.4, -0.2) is 11.4 Å². The average Bonchev–Trinajstić information content (AvgIpc) is 3.88. The van der Waals surface area contributed by atoms with Crippen molar-refractivity contribution in [1.82, 2.24) is 4.57 Å². The molecule has 4 heterocycles. The van der Waals surface area contributed by atoms with Gasteiger partial charge in [-0.25, -0.2) is 0 Å². The van der Waals surface area contributed by atoms with Crippen LogP contribution in [0.2, 0.25) is 0 Å². The van der Waals surface area contributed by atoms with Crippen LogP contribution >= 0.6 is 0 Å². The quantitative estimate of drug-likeness (QED) is 0.162. The Bertz CT molecular complexity index is 3530. The second-order valence-corrected chi connectivity index (χ2v) is 16.4. The predicted octanol–water partition coefficient (Wildman–Crippen LogP) is 13.7. The molecule has 2 aliphatic rings. The highest BCUT2D eigenvalue weighted by molar-refractivity contribution is 6.94.